The summed E-state index contributed by atoms with van der Waals surface area (Å²) in [5.41, 5.74) is 1.57. The normalized spacial score (nSPS) is 14.1. The molecule has 2 heterocycles. The first-order valence-electron chi connectivity index (χ1n) is 7.52. The lowest BCUT2D eigenvalue weighted by Crippen LogP contribution is -2.16. The number of aromatic nitrogens is 2. The summed E-state index contributed by atoms with van der Waals surface area (Å²) in [6, 6.07) is 7.64. The molecule has 3 rings (SSSR count). The van der Waals surface area contributed by atoms with Crippen LogP contribution in [-0.2, 0) is 9.84 Å². The molecular weight excluding hydrogens is 324 g/mol. The first-order valence-corrected chi connectivity index (χ1v) is 9.58. The zero-order valence-corrected chi connectivity index (χ0v) is 14.0. The highest BCUT2D eigenvalue weighted by Crippen LogP contribution is 2.22. The van der Waals surface area contributed by atoms with Crippen molar-refractivity contribution in [1.82, 2.24) is 15.3 Å². The molecule has 7 heteroatoms. The molecule has 2 N–H and O–H groups in total. The molecule has 1 aliphatic rings. The van der Waals surface area contributed by atoms with Gasteiger partial charge in [0.15, 0.2) is 5.82 Å². The van der Waals surface area contributed by atoms with E-state index in [1.54, 1.807) is 0 Å². The summed E-state index contributed by atoms with van der Waals surface area (Å²) < 4.78 is 22.7. The van der Waals surface area contributed by atoms with Gasteiger partial charge in [-0.2, -0.15) is 0 Å². The molecular formula is C17H18N4O2S. The molecule has 0 bridgehead atoms. The zero-order valence-electron chi connectivity index (χ0n) is 13.2. The molecule has 2 aromatic rings. The van der Waals surface area contributed by atoms with Crippen LogP contribution in [0.5, 0.6) is 0 Å². The Morgan fingerprint density at radius 2 is 1.96 bits per heavy atom. The average Bonchev–Trinajstić information content (AvgIpc) is 2.82. The van der Waals surface area contributed by atoms with Gasteiger partial charge in [0.05, 0.1) is 17.0 Å². The third-order valence-electron chi connectivity index (χ3n) is 3.43. The van der Waals surface area contributed by atoms with E-state index in [1.165, 1.54) is 6.26 Å². The fourth-order valence-corrected chi connectivity index (χ4v) is 2.76. The van der Waals surface area contributed by atoms with E-state index in [4.69, 9.17) is 0 Å². The first kappa shape index (κ1) is 16.2. The second-order valence-electron chi connectivity index (χ2n) is 5.44. The van der Waals surface area contributed by atoms with Crippen molar-refractivity contribution in [3.05, 3.63) is 60.6 Å². The van der Waals surface area contributed by atoms with Crippen molar-refractivity contribution in [2.75, 3.05) is 23.9 Å². The van der Waals surface area contributed by atoms with Crippen LogP contribution in [0.2, 0.25) is 0 Å². The lowest BCUT2D eigenvalue weighted by Gasteiger charge is -2.12. The number of sulfone groups is 1. The Morgan fingerprint density at radius 3 is 2.79 bits per heavy atom. The van der Waals surface area contributed by atoms with E-state index in [1.807, 2.05) is 54.8 Å². The summed E-state index contributed by atoms with van der Waals surface area (Å²) in [4.78, 5) is 9.16. The molecule has 1 aliphatic heterocycles. The summed E-state index contributed by atoms with van der Waals surface area (Å²) in [5, 5.41) is 7.11. The van der Waals surface area contributed by atoms with Crippen LogP contribution in [0.25, 0.3) is 16.6 Å². The van der Waals surface area contributed by atoms with Gasteiger partial charge in [-0.15, -0.1) is 0 Å². The minimum Gasteiger partial charge on any atom is -0.368 e. The van der Waals surface area contributed by atoms with Gasteiger partial charge in [-0.05, 0) is 24.3 Å². The number of hydrogen-bond donors (Lipinski definition) is 2. The van der Waals surface area contributed by atoms with E-state index in [2.05, 4.69) is 20.6 Å². The minimum absolute atomic E-state index is 0.0487. The van der Waals surface area contributed by atoms with Gasteiger partial charge in [-0.1, -0.05) is 24.3 Å². The second kappa shape index (κ2) is 6.84. The Kier molecular flexibility index (Phi) is 4.61. The van der Waals surface area contributed by atoms with Crippen LogP contribution in [0.15, 0.2) is 54.8 Å². The Morgan fingerprint density at radius 1 is 1.12 bits per heavy atom. The topological polar surface area (TPSA) is 84.0 Å². The van der Waals surface area contributed by atoms with E-state index in [0.29, 0.717) is 18.2 Å². The van der Waals surface area contributed by atoms with Gasteiger partial charge < -0.3 is 10.6 Å². The molecule has 6 nitrogen and oxygen atoms in total. The monoisotopic (exact) mass is 342 g/mol. The van der Waals surface area contributed by atoms with Crippen molar-refractivity contribution in [2.24, 2.45) is 0 Å². The summed E-state index contributed by atoms with van der Waals surface area (Å²) in [5.74, 6) is 1.22. The van der Waals surface area contributed by atoms with Crippen molar-refractivity contribution < 1.29 is 8.42 Å². The molecule has 0 saturated carbocycles. The molecule has 0 spiro atoms. The van der Waals surface area contributed by atoms with Gasteiger partial charge in [0, 0.05) is 24.4 Å². The molecule has 0 unspecified atom stereocenters. The largest absolute Gasteiger partial charge is 0.368 e. The summed E-state index contributed by atoms with van der Waals surface area (Å²) in [6.07, 6.45) is 10.6. The summed E-state index contributed by atoms with van der Waals surface area (Å²) in [6.45, 7) is 0.297. The van der Waals surface area contributed by atoms with E-state index in [0.717, 1.165) is 16.6 Å². The van der Waals surface area contributed by atoms with E-state index in [-0.39, 0.29) is 5.75 Å². The fourth-order valence-electron chi connectivity index (χ4n) is 2.28. The van der Waals surface area contributed by atoms with Crippen LogP contribution in [0.4, 0.5) is 5.82 Å². The predicted octanol–water partition coefficient (Wildman–Crippen LogP) is 2.10. The van der Waals surface area contributed by atoms with Crippen LogP contribution in [0.1, 0.15) is 5.82 Å². The predicted molar refractivity (Wildman–Crippen MR) is 97.1 cm³/mol. The third-order valence-corrected chi connectivity index (χ3v) is 4.38. The van der Waals surface area contributed by atoms with Crippen molar-refractivity contribution in [2.45, 2.75) is 0 Å². The van der Waals surface area contributed by atoms with Crippen molar-refractivity contribution in [1.29, 1.82) is 0 Å². The van der Waals surface area contributed by atoms with Gasteiger partial charge in [-0.3, -0.25) is 0 Å². The van der Waals surface area contributed by atoms with Crippen molar-refractivity contribution >= 4 is 32.3 Å². The number of hydrogen-bond acceptors (Lipinski definition) is 6. The van der Waals surface area contributed by atoms with Gasteiger partial charge in [0.25, 0.3) is 0 Å². The Labute approximate surface area is 140 Å². The Hall–Kier alpha value is -2.67. The molecule has 124 valence electrons. The van der Waals surface area contributed by atoms with Gasteiger partial charge in [0.1, 0.15) is 15.7 Å². The molecule has 1 aromatic heterocycles. The van der Waals surface area contributed by atoms with Crippen LogP contribution in [0, 0.1) is 0 Å². The number of para-hydroxylation sites is 1. The maximum atomic E-state index is 11.3. The summed E-state index contributed by atoms with van der Waals surface area (Å²) in [7, 11) is -3.03. The Balaban J connectivity index is 1.98. The van der Waals surface area contributed by atoms with E-state index < -0.39 is 9.84 Å². The van der Waals surface area contributed by atoms with Crippen LogP contribution >= 0.6 is 0 Å². The maximum absolute atomic E-state index is 11.3. The quantitative estimate of drug-likeness (QED) is 0.866. The number of anilines is 1. The number of nitrogens with one attached hydrogen (secondary N) is 2. The number of fused-ring (bicyclic) bond motifs is 1. The molecule has 24 heavy (non-hydrogen) atoms. The van der Waals surface area contributed by atoms with Gasteiger partial charge >= 0.3 is 0 Å². The SMILES string of the molecule is CS(=O)(=O)CCNc1nc(C2=CC=CC=CN2)nc2ccccc12. The zero-order chi connectivity index (χ0) is 17.0. The molecule has 1 aromatic carbocycles. The minimum atomic E-state index is -3.03. The van der Waals surface area contributed by atoms with E-state index in [9.17, 15) is 8.42 Å². The number of rotatable bonds is 5. The molecule has 0 amide bonds. The maximum Gasteiger partial charge on any atom is 0.178 e. The highest BCUT2D eigenvalue weighted by molar-refractivity contribution is 7.90. The molecule has 0 atom stereocenters. The molecule has 0 radical (unpaired) electrons. The van der Waals surface area contributed by atoms with Crippen molar-refractivity contribution in [3.63, 3.8) is 0 Å². The van der Waals surface area contributed by atoms with Crippen LogP contribution in [-0.4, -0.2) is 36.9 Å². The molecule has 0 aliphatic carbocycles. The van der Waals surface area contributed by atoms with Crippen LogP contribution < -0.4 is 10.6 Å². The lowest BCUT2D eigenvalue weighted by atomic mass is 10.2. The van der Waals surface area contributed by atoms with Gasteiger partial charge in [-0.25, -0.2) is 18.4 Å². The number of nitrogens with zero attached hydrogens (tertiary/aromatic N) is 2. The number of allylic oxidation sites excluding steroid dienone is 4. The average molecular weight is 342 g/mol. The van der Waals surface area contributed by atoms with Crippen molar-refractivity contribution in [3.8, 4) is 0 Å². The standard InChI is InChI=1S/C17H18N4O2S/c1-24(22,23)12-11-19-16-13-7-4-5-8-14(13)20-17(21-16)15-9-3-2-6-10-18-15/h2-10,18H,11-12H2,1H3,(H,19,20,21). The fraction of sp³-hybridized carbons (Fsp3) is 0.176. The number of benzene rings is 1. The highest BCUT2D eigenvalue weighted by atomic mass is 32.2. The Bertz CT molecular complexity index is 946. The van der Waals surface area contributed by atoms with E-state index >= 15 is 0 Å². The van der Waals surface area contributed by atoms with Gasteiger partial charge in [0.2, 0.25) is 0 Å². The lowest BCUT2D eigenvalue weighted by molar-refractivity contribution is 0.602. The molecule has 0 saturated heterocycles. The first-order chi connectivity index (χ1) is 11.5. The smallest absolute Gasteiger partial charge is 0.178 e. The summed E-state index contributed by atoms with van der Waals surface area (Å²) >= 11 is 0. The molecule has 0 fully saturated rings. The third kappa shape index (κ3) is 3.99. The highest BCUT2D eigenvalue weighted by Gasteiger charge is 2.11. The second-order valence-corrected chi connectivity index (χ2v) is 7.70. The van der Waals surface area contributed by atoms with Crippen LogP contribution in [0.3, 0.4) is 0 Å².